The Morgan fingerprint density at radius 1 is 1.32 bits per heavy atom. The predicted octanol–water partition coefficient (Wildman–Crippen LogP) is 0.780. The molecule has 2 saturated heterocycles. The van der Waals surface area contributed by atoms with E-state index in [1.807, 2.05) is 30.3 Å². The minimum absolute atomic E-state index is 0.264. The molecule has 3 N–H and O–H groups in total. The van der Waals surface area contributed by atoms with E-state index in [0.29, 0.717) is 25.9 Å². The molecule has 1 aromatic rings. The largest absolute Gasteiger partial charge is 0.445 e. The van der Waals surface area contributed by atoms with Gasteiger partial charge < -0.3 is 20.5 Å². The van der Waals surface area contributed by atoms with Crippen LogP contribution in [0.25, 0.3) is 0 Å². The van der Waals surface area contributed by atoms with Crippen molar-refractivity contribution in [2.45, 2.75) is 30.6 Å². The molecule has 0 spiro atoms. The van der Waals surface area contributed by atoms with Crippen LogP contribution in [0.2, 0.25) is 0 Å². The van der Waals surface area contributed by atoms with E-state index in [9.17, 15) is 9.90 Å². The van der Waals surface area contributed by atoms with Crippen molar-refractivity contribution in [1.29, 1.82) is 0 Å². The van der Waals surface area contributed by atoms with E-state index in [1.165, 1.54) is 0 Å². The minimum Gasteiger partial charge on any atom is -0.445 e. The lowest BCUT2D eigenvalue weighted by Crippen LogP contribution is -2.76. The molecule has 0 radical (unpaired) electrons. The number of carbonyl (C=O) groups is 1. The monoisotopic (exact) mass is 262 g/mol. The van der Waals surface area contributed by atoms with Crippen LogP contribution in [0.4, 0.5) is 4.79 Å². The van der Waals surface area contributed by atoms with E-state index >= 15 is 0 Å². The average molecular weight is 262 g/mol. The molecular formula is C14H18N2O3. The fraction of sp³-hybridized carbons (Fsp3) is 0.500. The topological polar surface area (TPSA) is 70.6 Å². The molecule has 1 amide bonds. The van der Waals surface area contributed by atoms with E-state index in [2.05, 4.69) is 10.6 Å². The summed E-state index contributed by atoms with van der Waals surface area (Å²) in [6, 6.07) is 9.57. The molecule has 5 nitrogen and oxygen atoms in total. The summed E-state index contributed by atoms with van der Waals surface area (Å²) < 4.78 is 5.19. The standard InChI is InChI=1S/C14H18N2O3/c17-12(19-6-11-4-2-1-3-5-11)16-13-7-14(18,8-13)10-15-9-13/h1-5,15,18H,6-10H2,(H,16,17). The zero-order chi connectivity index (χ0) is 13.3. The van der Waals surface area contributed by atoms with Crippen molar-refractivity contribution >= 4 is 6.09 Å². The molecule has 1 aromatic carbocycles. The normalized spacial score (nSPS) is 32.3. The Morgan fingerprint density at radius 2 is 2.05 bits per heavy atom. The lowest BCUT2D eigenvalue weighted by Gasteiger charge is -2.57. The molecule has 0 aromatic heterocycles. The van der Waals surface area contributed by atoms with Crippen molar-refractivity contribution in [2.75, 3.05) is 13.1 Å². The molecule has 1 saturated carbocycles. The molecule has 0 unspecified atom stereocenters. The van der Waals surface area contributed by atoms with Crippen LogP contribution in [0.5, 0.6) is 0 Å². The number of hydrogen-bond acceptors (Lipinski definition) is 4. The van der Waals surface area contributed by atoms with Crippen molar-refractivity contribution in [3.05, 3.63) is 35.9 Å². The number of aliphatic hydroxyl groups is 1. The molecular weight excluding hydrogens is 244 g/mol. The second-order valence-electron chi connectivity index (χ2n) is 5.65. The lowest BCUT2D eigenvalue weighted by molar-refractivity contribution is -0.120. The van der Waals surface area contributed by atoms with Gasteiger partial charge in [-0.2, -0.15) is 0 Å². The van der Waals surface area contributed by atoms with Gasteiger partial charge in [-0.05, 0) is 5.56 Å². The second kappa shape index (κ2) is 4.51. The molecule has 4 rings (SSSR count). The van der Waals surface area contributed by atoms with E-state index in [1.54, 1.807) is 0 Å². The van der Waals surface area contributed by atoms with Gasteiger partial charge in [-0.25, -0.2) is 4.79 Å². The zero-order valence-corrected chi connectivity index (χ0v) is 10.7. The third kappa shape index (κ3) is 2.57. The number of piperidine rings is 2. The number of benzene rings is 1. The van der Waals surface area contributed by atoms with Crippen LogP contribution >= 0.6 is 0 Å². The molecule has 1 aliphatic carbocycles. The van der Waals surface area contributed by atoms with Crippen LogP contribution in [-0.2, 0) is 11.3 Å². The Bertz CT molecular complexity index is 469. The first kappa shape index (κ1) is 12.4. The maximum Gasteiger partial charge on any atom is 0.407 e. The van der Waals surface area contributed by atoms with Gasteiger partial charge in [0.1, 0.15) is 6.61 Å². The SMILES string of the molecule is O=C(NC12CNCC(O)(C1)C2)OCc1ccccc1. The Hall–Kier alpha value is -1.59. The fourth-order valence-corrected chi connectivity index (χ4v) is 3.10. The van der Waals surface area contributed by atoms with Crippen LogP contribution in [0, 0.1) is 0 Å². The summed E-state index contributed by atoms with van der Waals surface area (Å²) in [7, 11) is 0. The van der Waals surface area contributed by atoms with Crippen LogP contribution in [0.1, 0.15) is 18.4 Å². The Balaban J connectivity index is 1.50. The highest BCUT2D eigenvalue weighted by atomic mass is 16.5. The number of ether oxygens (including phenoxy) is 1. The zero-order valence-electron chi connectivity index (χ0n) is 10.7. The van der Waals surface area contributed by atoms with Gasteiger partial charge in [-0.15, -0.1) is 0 Å². The van der Waals surface area contributed by atoms with Crippen molar-refractivity contribution in [1.82, 2.24) is 10.6 Å². The van der Waals surface area contributed by atoms with Gasteiger partial charge in [0.2, 0.25) is 0 Å². The van der Waals surface area contributed by atoms with Crippen LogP contribution in [-0.4, -0.2) is 35.4 Å². The average Bonchev–Trinajstić information content (AvgIpc) is 2.36. The maximum atomic E-state index is 11.8. The molecule has 102 valence electrons. The summed E-state index contributed by atoms with van der Waals surface area (Å²) in [5.41, 5.74) is -0.0202. The number of alkyl carbamates (subject to hydrolysis) is 1. The van der Waals surface area contributed by atoms with Gasteiger partial charge in [0, 0.05) is 25.9 Å². The highest BCUT2D eigenvalue weighted by Gasteiger charge is 2.57. The summed E-state index contributed by atoms with van der Waals surface area (Å²) >= 11 is 0. The first-order valence-electron chi connectivity index (χ1n) is 6.51. The molecule has 3 aliphatic rings. The minimum atomic E-state index is -0.648. The van der Waals surface area contributed by atoms with E-state index in [4.69, 9.17) is 4.74 Å². The highest BCUT2D eigenvalue weighted by molar-refractivity contribution is 5.69. The van der Waals surface area contributed by atoms with E-state index < -0.39 is 11.7 Å². The van der Waals surface area contributed by atoms with Crippen molar-refractivity contribution in [3.63, 3.8) is 0 Å². The summed E-state index contributed by atoms with van der Waals surface area (Å²) in [5.74, 6) is 0. The number of fused-ring (bicyclic) bond motifs is 2. The lowest BCUT2D eigenvalue weighted by atomic mass is 9.62. The summed E-state index contributed by atoms with van der Waals surface area (Å²) in [4.78, 5) is 11.8. The summed E-state index contributed by atoms with van der Waals surface area (Å²) in [6.07, 6.45) is 0.788. The number of amides is 1. The Kier molecular flexibility index (Phi) is 2.95. The van der Waals surface area contributed by atoms with Crippen molar-refractivity contribution in [3.8, 4) is 0 Å². The first-order chi connectivity index (χ1) is 9.09. The third-order valence-corrected chi connectivity index (χ3v) is 3.83. The van der Waals surface area contributed by atoms with Gasteiger partial charge in [0.05, 0.1) is 11.1 Å². The Morgan fingerprint density at radius 3 is 2.74 bits per heavy atom. The van der Waals surface area contributed by atoms with Gasteiger partial charge >= 0.3 is 6.09 Å². The van der Waals surface area contributed by atoms with Gasteiger partial charge in [-0.3, -0.25) is 0 Å². The molecule has 2 aliphatic heterocycles. The molecule has 0 atom stereocenters. The molecule has 3 fully saturated rings. The summed E-state index contributed by atoms with van der Waals surface area (Å²) in [6.45, 7) is 1.56. The van der Waals surface area contributed by atoms with Gasteiger partial charge in [-0.1, -0.05) is 30.3 Å². The first-order valence-corrected chi connectivity index (χ1v) is 6.51. The second-order valence-corrected chi connectivity index (χ2v) is 5.65. The van der Waals surface area contributed by atoms with Crippen LogP contribution in [0.15, 0.2) is 30.3 Å². The quantitative estimate of drug-likeness (QED) is 0.753. The number of hydrogen-bond donors (Lipinski definition) is 3. The smallest absolute Gasteiger partial charge is 0.407 e. The Labute approximate surface area is 112 Å². The predicted molar refractivity (Wildman–Crippen MR) is 69.5 cm³/mol. The third-order valence-electron chi connectivity index (χ3n) is 3.83. The fourth-order valence-electron chi connectivity index (χ4n) is 3.10. The van der Waals surface area contributed by atoms with Crippen LogP contribution in [0.3, 0.4) is 0 Å². The van der Waals surface area contributed by atoms with Crippen LogP contribution < -0.4 is 10.6 Å². The van der Waals surface area contributed by atoms with E-state index in [-0.39, 0.29) is 12.1 Å². The highest BCUT2D eigenvalue weighted by Crippen LogP contribution is 2.43. The summed E-state index contributed by atoms with van der Waals surface area (Å²) in [5, 5.41) is 16.0. The van der Waals surface area contributed by atoms with Gasteiger partial charge in [0.15, 0.2) is 0 Å². The van der Waals surface area contributed by atoms with Crippen molar-refractivity contribution < 1.29 is 14.6 Å². The number of carbonyl (C=O) groups excluding carboxylic acids is 1. The number of nitrogens with one attached hydrogen (secondary N) is 2. The molecule has 2 heterocycles. The molecule has 2 bridgehead atoms. The van der Waals surface area contributed by atoms with E-state index in [0.717, 1.165) is 5.56 Å². The molecule has 5 heteroatoms. The maximum absolute atomic E-state index is 11.8. The van der Waals surface area contributed by atoms with Gasteiger partial charge in [0.25, 0.3) is 0 Å². The molecule has 19 heavy (non-hydrogen) atoms. The number of rotatable bonds is 3. The van der Waals surface area contributed by atoms with Crippen molar-refractivity contribution in [2.24, 2.45) is 0 Å².